The molecule has 0 saturated carbocycles. The summed E-state index contributed by atoms with van der Waals surface area (Å²) in [5.74, 6) is 0.0201. The van der Waals surface area contributed by atoms with E-state index in [0.29, 0.717) is 44.2 Å². The van der Waals surface area contributed by atoms with Crippen LogP contribution in [0.25, 0.3) is 0 Å². The topological polar surface area (TPSA) is 109 Å². The summed E-state index contributed by atoms with van der Waals surface area (Å²) in [5.41, 5.74) is 0.388. The number of nitrogens with one attached hydrogen (secondary N) is 1. The van der Waals surface area contributed by atoms with E-state index in [4.69, 9.17) is 4.74 Å². The van der Waals surface area contributed by atoms with Gasteiger partial charge in [-0.3, -0.25) is 4.79 Å². The number of hydrogen-bond donors (Lipinski definition) is 1. The Hall–Kier alpha value is -2.98. The highest BCUT2D eigenvalue weighted by molar-refractivity contribution is 7.89. The summed E-state index contributed by atoms with van der Waals surface area (Å²) in [5, 5.41) is 0. The lowest BCUT2D eigenvalue weighted by molar-refractivity contribution is -0.132. The molecule has 1 aliphatic heterocycles. The number of rotatable bonds is 7. The molecule has 1 amide bonds. The monoisotopic (exact) mass is 446 g/mol. The average Bonchev–Trinajstić information content (AvgIpc) is 2.79. The van der Waals surface area contributed by atoms with Crippen LogP contribution in [-0.4, -0.2) is 69.0 Å². The van der Waals surface area contributed by atoms with Crippen molar-refractivity contribution in [2.45, 2.75) is 24.8 Å². The zero-order valence-corrected chi connectivity index (χ0v) is 18.3. The number of nitrogens with zero attached hydrogens (tertiary/aromatic N) is 3. The number of piperazine rings is 1. The Morgan fingerprint density at radius 3 is 2.35 bits per heavy atom. The van der Waals surface area contributed by atoms with E-state index in [1.165, 1.54) is 18.3 Å². The van der Waals surface area contributed by atoms with Gasteiger partial charge in [-0.25, -0.2) is 18.2 Å². The summed E-state index contributed by atoms with van der Waals surface area (Å²) in [6.45, 7) is 5.58. The Kier molecular flexibility index (Phi) is 7.24. The minimum absolute atomic E-state index is 0.122. The molecule has 166 valence electrons. The minimum Gasteiger partial charge on any atom is -0.462 e. The Morgan fingerprint density at radius 1 is 1.10 bits per heavy atom. The third-order valence-corrected chi connectivity index (χ3v) is 6.49. The van der Waals surface area contributed by atoms with Gasteiger partial charge in [0.25, 0.3) is 0 Å². The van der Waals surface area contributed by atoms with Crippen molar-refractivity contribution >= 4 is 27.7 Å². The van der Waals surface area contributed by atoms with Gasteiger partial charge in [-0.1, -0.05) is 18.2 Å². The Balaban J connectivity index is 1.55. The van der Waals surface area contributed by atoms with E-state index in [-0.39, 0.29) is 10.8 Å². The van der Waals surface area contributed by atoms with Crippen molar-refractivity contribution in [1.82, 2.24) is 14.6 Å². The van der Waals surface area contributed by atoms with E-state index in [1.807, 2.05) is 4.90 Å². The molecule has 1 atom stereocenters. The molecule has 1 fully saturated rings. The summed E-state index contributed by atoms with van der Waals surface area (Å²) in [6, 6.07) is 10.5. The fourth-order valence-corrected chi connectivity index (χ4v) is 4.51. The van der Waals surface area contributed by atoms with E-state index in [2.05, 4.69) is 9.71 Å². The number of sulfonamides is 1. The van der Waals surface area contributed by atoms with Crippen molar-refractivity contribution in [3.05, 3.63) is 54.2 Å². The van der Waals surface area contributed by atoms with Crippen molar-refractivity contribution in [3.63, 3.8) is 0 Å². The van der Waals surface area contributed by atoms with Gasteiger partial charge in [0, 0.05) is 32.4 Å². The number of carbonyl (C=O) groups excluding carboxylic acids is 2. The first kappa shape index (κ1) is 22.7. The number of anilines is 1. The third kappa shape index (κ3) is 5.59. The average molecular weight is 447 g/mol. The van der Waals surface area contributed by atoms with Gasteiger partial charge in [-0.05, 0) is 38.1 Å². The number of carbonyl (C=O) groups is 2. The summed E-state index contributed by atoms with van der Waals surface area (Å²) in [4.78, 5) is 32.6. The van der Waals surface area contributed by atoms with Crippen LogP contribution in [-0.2, 0) is 19.6 Å². The van der Waals surface area contributed by atoms with E-state index >= 15 is 0 Å². The van der Waals surface area contributed by atoms with E-state index in [9.17, 15) is 18.0 Å². The molecule has 0 spiro atoms. The molecule has 1 aliphatic rings. The molecule has 2 aromatic rings. The molecular weight excluding hydrogens is 420 g/mol. The molecular formula is C21H26N4O5S. The molecule has 2 heterocycles. The second-order valence-corrected chi connectivity index (χ2v) is 8.81. The first-order chi connectivity index (χ1) is 14.8. The maximum atomic E-state index is 12.7. The fraction of sp³-hybridized carbons (Fsp3) is 0.381. The molecule has 0 radical (unpaired) electrons. The molecule has 1 aromatic heterocycles. The second kappa shape index (κ2) is 9.88. The summed E-state index contributed by atoms with van der Waals surface area (Å²) in [6.07, 6.45) is 1.48. The number of hydrogen-bond acceptors (Lipinski definition) is 7. The SMILES string of the molecule is CCOC(=O)c1ccc(N2CCN(C(=O)[C@H](C)NS(=O)(=O)c3ccccc3)CC2)nc1. The summed E-state index contributed by atoms with van der Waals surface area (Å²) in [7, 11) is -3.77. The number of benzene rings is 1. The van der Waals surface area contributed by atoms with Crippen LogP contribution in [0.4, 0.5) is 5.82 Å². The van der Waals surface area contributed by atoms with Gasteiger partial charge < -0.3 is 14.5 Å². The Bertz CT molecular complexity index is 1000. The van der Waals surface area contributed by atoms with Crippen LogP contribution in [0.3, 0.4) is 0 Å². The van der Waals surface area contributed by atoms with Crippen LogP contribution in [0, 0.1) is 0 Å². The molecule has 9 nitrogen and oxygen atoms in total. The van der Waals surface area contributed by atoms with Crippen LogP contribution >= 0.6 is 0 Å². The molecule has 1 aromatic carbocycles. The van der Waals surface area contributed by atoms with E-state index in [0.717, 1.165) is 0 Å². The van der Waals surface area contributed by atoms with Gasteiger partial charge in [0.05, 0.1) is 23.1 Å². The van der Waals surface area contributed by atoms with Crippen LogP contribution in [0.2, 0.25) is 0 Å². The molecule has 31 heavy (non-hydrogen) atoms. The molecule has 1 N–H and O–H groups in total. The van der Waals surface area contributed by atoms with Crippen LogP contribution in [0.15, 0.2) is 53.6 Å². The van der Waals surface area contributed by atoms with Crippen molar-refractivity contribution in [1.29, 1.82) is 0 Å². The standard InChI is InChI=1S/C21H26N4O5S/c1-3-30-21(27)17-9-10-19(22-15-17)24-11-13-25(14-12-24)20(26)16(2)23-31(28,29)18-7-5-4-6-8-18/h4-10,15-16,23H,3,11-14H2,1-2H3/t16-/m0/s1. The highest BCUT2D eigenvalue weighted by Crippen LogP contribution is 2.16. The van der Waals surface area contributed by atoms with Gasteiger partial charge in [0.15, 0.2) is 0 Å². The molecule has 1 saturated heterocycles. The predicted molar refractivity (Wildman–Crippen MR) is 115 cm³/mol. The molecule has 0 bridgehead atoms. The molecule has 0 aliphatic carbocycles. The Labute approximate surface area is 182 Å². The van der Waals surface area contributed by atoms with Gasteiger partial charge >= 0.3 is 5.97 Å². The highest BCUT2D eigenvalue weighted by Gasteiger charge is 2.28. The lowest BCUT2D eigenvalue weighted by Gasteiger charge is -2.36. The lowest BCUT2D eigenvalue weighted by atomic mass is 10.2. The van der Waals surface area contributed by atoms with Crippen molar-refractivity contribution in [2.75, 3.05) is 37.7 Å². The quantitative estimate of drug-likeness (QED) is 0.638. The van der Waals surface area contributed by atoms with Gasteiger partial charge in [0.2, 0.25) is 15.9 Å². The first-order valence-corrected chi connectivity index (χ1v) is 11.5. The normalized spacial score (nSPS) is 15.4. The first-order valence-electron chi connectivity index (χ1n) is 10.1. The van der Waals surface area contributed by atoms with Crippen LogP contribution in [0.1, 0.15) is 24.2 Å². The number of aromatic nitrogens is 1. The minimum atomic E-state index is -3.77. The smallest absolute Gasteiger partial charge is 0.339 e. The largest absolute Gasteiger partial charge is 0.462 e. The number of ether oxygens (including phenoxy) is 1. The molecule has 10 heteroatoms. The molecule has 3 rings (SSSR count). The van der Waals surface area contributed by atoms with Crippen molar-refractivity contribution in [3.8, 4) is 0 Å². The molecule has 0 unspecified atom stereocenters. The maximum absolute atomic E-state index is 12.7. The predicted octanol–water partition coefficient (Wildman–Crippen LogP) is 1.27. The van der Waals surface area contributed by atoms with Gasteiger partial charge in [-0.2, -0.15) is 4.72 Å². The van der Waals surface area contributed by atoms with Gasteiger partial charge in [-0.15, -0.1) is 0 Å². The second-order valence-electron chi connectivity index (χ2n) is 7.09. The van der Waals surface area contributed by atoms with Crippen LogP contribution in [0.5, 0.6) is 0 Å². The fourth-order valence-electron chi connectivity index (χ4n) is 3.29. The third-order valence-electron chi connectivity index (χ3n) is 4.93. The number of amides is 1. The zero-order valence-electron chi connectivity index (χ0n) is 17.5. The van der Waals surface area contributed by atoms with E-state index in [1.54, 1.807) is 49.1 Å². The summed E-state index contributed by atoms with van der Waals surface area (Å²) < 4.78 is 32.3. The maximum Gasteiger partial charge on any atom is 0.339 e. The number of pyridine rings is 1. The zero-order chi connectivity index (χ0) is 22.4. The highest BCUT2D eigenvalue weighted by atomic mass is 32.2. The van der Waals surface area contributed by atoms with Gasteiger partial charge in [0.1, 0.15) is 5.82 Å². The van der Waals surface area contributed by atoms with Crippen molar-refractivity contribution in [2.24, 2.45) is 0 Å². The van der Waals surface area contributed by atoms with Crippen molar-refractivity contribution < 1.29 is 22.7 Å². The number of esters is 1. The Morgan fingerprint density at radius 2 is 1.77 bits per heavy atom. The van der Waals surface area contributed by atoms with E-state index < -0.39 is 22.0 Å². The summed E-state index contributed by atoms with van der Waals surface area (Å²) >= 11 is 0. The van der Waals surface area contributed by atoms with Crippen LogP contribution < -0.4 is 9.62 Å². The lowest BCUT2D eigenvalue weighted by Crippen LogP contribution is -2.54.